The Hall–Kier alpha value is -1.23. The largest absolute Gasteiger partial charge is 0.308 e. The van der Waals surface area contributed by atoms with E-state index in [1.807, 2.05) is 19.9 Å². The fourth-order valence-electron chi connectivity index (χ4n) is 2.27. The summed E-state index contributed by atoms with van der Waals surface area (Å²) in [5.41, 5.74) is 0.941. The Bertz CT molecular complexity index is 696. The Morgan fingerprint density at radius 2 is 1.87 bits per heavy atom. The molecule has 2 aromatic rings. The summed E-state index contributed by atoms with van der Waals surface area (Å²) in [6, 6.07) is 5.38. The van der Waals surface area contributed by atoms with E-state index < -0.39 is 0 Å². The van der Waals surface area contributed by atoms with Crippen LogP contribution in [-0.2, 0) is 11.3 Å². The molecule has 0 radical (unpaired) electrons. The SMILES string of the molecule is CCC(CC)C(=O)Nc1nn(Cc2ccc(Cl)c(Cl)c2)cc1Cl. The van der Waals surface area contributed by atoms with Crippen LogP contribution >= 0.6 is 34.8 Å². The van der Waals surface area contributed by atoms with Gasteiger partial charge in [0.2, 0.25) is 5.91 Å². The number of aromatic nitrogens is 2. The van der Waals surface area contributed by atoms with Crippen molar-refractivity contribution in [1.29, 1.82) is 0 Å². The third kappa shape index (κ3) is 4.63. The molecule has 1 N–H and O–H groups in total. The molecule has 23 heavy (non-hydrogen) atoms. The molecule has 0 unspecified atom stereocenters. The minimum Gasteiger partial charge on any atom is -0.308 e. The summed E-state index contributed by atoms with van der Waals surface area (Å²) < 4.78 is 1.66. The van der Waals surface area contributed by atoms with Crippen LogP contribution in [0, 0.1) is 5.92 Å². The van der Waals surface area contributed by atoms with Crippen LogP contribution in [0.3, 0.4) is 0 Å². The van der Waals surface area contributed by atoms with E-state index in [0.717, 1.165) is 18.4 Å². The van der Waals surface area contributed by atoms with Crippen molar-refractivity contribution < 1.29 is 4.79 Å². The number of rotatable bonds is 6. The van der Waals surface area contributed by atoms with Gasteiger partial charge in [-0.3, -0.25) is 9.48 Å². The van der Waals surface area contributed by atoms with Gasteiger partial charge in [0.25, 0.3) is 0 Å². The topological polar surface area (TPSA) is 46.9 Å². The molecule has 0 bridgehead atoms. The normalized spacial score (nSPS) is 11.0. The first-order chi connectivity index (χ1) is 10.9. The standard InChI is InChI=1S/C16H18Cl3N3O/c1-3-11(4-2)16(23)20-15-14(19)9-22(21-15)8-10-5-6-12(17)13(18)7-10/h5-7,9,11H,3-4,8H2,1-2H3,(H,20,21,23). The van der Waals surface area contributed by atoms with Gasteiger partial charge in [0.1, 0.15) is 5.02 Å². The molecule has 1 amide bonds. The molecule has 2 rings (SSSR count). The number of amides is 1. The number of nitrogens with zero attached hydrogens (tertiary/aromatic N) is 2. The lowest BCUT2D eigenvalue weighted by Gasteiger charge is -2.11. The zero-order chi connectivity index (χ0) is 17.0. The van der Waals surface area contributed by atoms with E-state index in [2.05, 4.69) is 10.4 Å². The summed E-state index contributed by atoms with van der Waals surface area (Å²) in [5.74, 6) is 0.284. The number of carbonyl (C=O) groups excluding carboxylic acids is 1. The first kappa shape index (κ1) is 18.1. The summed E-state index contributed by atoms with van der Waals surface area (Å²) in [4.78, 5) is 12.1. The lowest BCUT2D eigenvalue weighted by atomic mass is 10.0. The number of nitrogens with one attached hydrogen (secondary N) is 1. The minimum atomic E-state index is -0.0586. The number of carbonyl (C=O) groups is 1. The van der Waals surface area contributed by atoms with E-state index in [0.29, 0.717) is 27.4 Å². The lowest BCUT2D eigenvalue weighted by molar-refractivity contribution is -0.120. The zero-order valence-electron chi connectivity index (χ0n) is 12.9. The van der Waals surface area contributed by atoms with Gasteiger partial charge < -0.3 is 5.32 Å². The van der Waals surface area contributed by atoms with Crippen LogP contribution in [0.25, 0.3) is 0 Å². The molecular formula is C16H18Cl3N3O. The van der Waals surface area contributed by atoms with Crippen molar-refractivity contribution in [3.63, 3.8) is 0 Å². The van der Waals surface area contributed by atoms with Gasteiger partial charge in [-0.1, -0.05) is 54.7 Å². The lowest BCUT2D eigenvalue weighted by Crippen LogP contribution is -2.22. The number of hydrogen-bond acceptors (Lipinski definition) is 2. The highest BCUT2D eigenvalue weighted by molar-refractivity contribution is 6.42. The van der Waals surface area contributed by atoms with Crippen LogP contribution in [0.5, 0.6) is 0 Å². The summed E-state index contributed by atoms with van der Waals surface area (Å²) in [6.45, 7) is 4.45. The molecule has 1 aromatic carbocycles. The van der Waals surface area contributed by atoms with Crippen LogP contribution in [0.4, 0.5) is 5.82 Å². The van der Waals surface area contributed by atoms with Crippen molar-refractivity contribution in [3.8, 4) is 0 Å². The molecule has 0 aliphatic carbocycles. The van der Waals surface area contributed by atoms with E-state index in [1.165, 1.54) is 0 Å². The molecular weight excluding hydrogens is 357 g/mol. The van der Waals surface area contributed by atoms with Gasteiger partial charge in [0.15, 0.2) is 5.82 Å². The van der Waals surface area contributed by atoms with Crippen molar-refractivity contribution in [2.24, 2.45) is 5.92 Å². The number of hydrogen-bond donors (Lipinski definition) is 1. The summed E-state index contributed by atoms with van der Waals surface area (Å²) >= 11 is 18.1. The molecule has 124 valence electrons. The predicted molar refractivity (Wildman–Crippen MR) is 95.5 cm³/mol. The fourth-order valence-corrected chi connectivity index (χ4v) is 2.78. The second-order valence-corrected chi connectivity index (χ2v) is 6.50. The third-order valence-electron chi connectivity index (χ3n) is 3.64. The highest BCUT2D eigenvalue weighted by atomic mass is 35.5. The Morgan fingerprint density at radius 1 is 1.17 bits per heavy atom. The smallest absolute Gasteiger partial charge is 0.228 e. The molecule has 1 aromatic heterocycles. The van der Waals surface area contributed by atoms with Gasteiger partial charge in [-0.2, -0.15) is 5.10 Å². The minimum absolute atomic E-state index is 0.0358. The van der Waals surface area contributed by atoms with E-state index in [-0.39, 0.29) is 11.8 Å². The highest BCUT2D eigenvalue weighted by Gasteiger charge is 2.17. The molecule has 0 atom stereocenters. The van der Waals surface area contributed by atoms with Gasteiger partial charge in [-0.05, 0) is 30.5 Å². The maximum absolute atomic E-state index is 12.1. The molecule has 0 saturated heterocycles. The summed E-state index contributed by atoms with van der Waals surface area (Å²) in [7, 11) is 0. The van der Waals surface area contributed by atoms with Gasteiger partial charge in [0.05, 0.1) is 16.6 Å². The monoisotopic (exact) mass is 373 g/mol. The van der Waals surface area contributed by atoms with Gasteiger partial charge >= 0.3 is 0 Å². The van der Waals surface area contributed by atoms with Crippen molar-refractivity contribution in [3.05, 3.63) is 45.0 Å². The van der Waals surface area contributed by atoms with Crippen LogP contribution < -0.4 is 5.32 Å². The molecule has 0 aliphatic heterocycles. The fraction of sp³-hybridized carbons (Fsp3) is 0.375. The Labute approximate surface area is 150 Å². The maximum atomic E-state index is 12.1. The molecule has 7 heteroatoms. The first-order valence-corrected chi connectivity index (χ1v) is 8.55. The van der Waals surface area contributed by atoms with Crippen molar-refractivity contribution >= 4 is 46.5 Å². The highest BCUT2D eigenvalue weighted by Crippen LogP contribution is 2.25. The van der Waals surface area contributed by atoms with Gasteiger partial charge in [-0.25, -0.2) is 0 Å². The van der Waals surface area contributed by atoms with E-state index in [1.54, 1.807) is 23.0 Å². The van der Waals surface area contributed by atoms with Crippen LogP contribution in [-0.4, -0.2) is 15.7 Å². The average Bonchev–Trinajstić information content (AvgIpc) is 2.84. The Kier molecular flexibility index (Phi) is 6.33. The molecule has 1 heterocycles. The molecule has 0 saturated carbocycles. The molecule has 0 spiro atoms. The zero-order valence-corrected chi connectivity index (χ0v) is 15.2. The van der Waals surface area contributed by atoms with E-state index in [9.17, 15) is 4.79 Å². The second kappa shape index (κ2) is 8.04. The van der Waals surface area contributed by atoms with Crippen molar-refractivity contribution in [2.45, 2.75) is 33.2 Å². The summed E-state index contributed by atoms with van der Waals surface area (Å²) in [5, 5.41) is 8.52. The second-order valence-electron chi connectivity index (χ2n) is 5.27. The molecule has 0 fully saturated rings. The Balaban J connectivity index is 2.11. The number of benzene rings is 1. The number of anilines is 1. The third-order valence-corrected chi connectivity index (χ3v) is 4.66. The van der Waals surface area contributed by atoms with Gasteiger partial charge in [0, 0.05) is 12.1 Å². The van der Waals surface area contributed by atoms with Crippen LogP contribution in [0.15, 0.2) is 24.4 Å². The molecule has 4 nitrogen and oxygen atoms in total. The molecule has 0 aliphatic rings. The van der Waals surface area contributed by atoms with E-state index >= 15 is 0 Å². The van der Waals surface area contributed by atoms with Crippen LogP contribution in [0.2, 0.25) is 15.1 Å². The average molecular weight is 375 g/mol. The van der Waals surface area contributed by atoms with Gasteiger partial charge in [-0.15, -0.1) is 0 Å². The summed E-state index contributed by atoms with van der Waals surface area (Å²) in [6.07, 6.45) is 3.24. The number of halogens is 3. The van der Waals surface area contributed by atoms with Crippen molar-refractivity contribution in [2.75, 3.05) is 5.32 Å². The van der Waals surface area contributed by atoms with Crippen molar-refractivity contribution in [1.82, 2.24) is 9.78 Å². The predicted octanol–water partition coefficient (Wildman–Crippen LogP) is 5.27. The maximum Gasteiger partial charge on any atom is 0.228 e. The first-order valence-electron chi connectivity index (χ1n) is 7.42. The Morgan fingerprint density at radius 3 is 2.48 bits per heavy atom. The van der Waals surface area contributed by atoms with Crippen LogP contribution in [0.1, 0.15) is 32.3 Å². The van der Waals surface area contributed by atoms with E-state index in [4.69, 9.17) is 34.8 Å². The quantitative estimate of drug-likeness (QED) is 0.749.